The van der Waals surface area contributed by atoms with E-state index < -0.39 is 4.92 Å². The Bertz CT molecular complexity index is 620. The summed E-state index contributed by atoms with van der Waals surface area (Å²) in [5.41, 5.74) is 6.69. The molecule has 0 amide bonds. The third kappa shape index (κ3) is 2.37. The Morgan fingerprint density at radius 3 is 3.00 bits per heavy atom. The van der Waals surface area contributed by atoms with E-state index in [9.17, 15) is 10.1 Å². The third-order valence-corrected chi connectivity index (χ3v) is 3.34. The summed E-state index contributed by atoms with van der Waals surface area (Å²) in [6.45, 7) is 0.517. The van der Waals surface area contributed by atoms with Crippen molar-refractivity contribution in [2.24, 2.45) is 11.7 Å². The van der Waals surface area contributed by atoms with Crippen molar-refractivity contribution in [3.05, 3.63) is 28.3 Å². The van der Waals surface area contributed by atoms with Gasteiger partial charge in [0.05, 0.1) is 11.0 Å². The highest BCUT2D eigenvalue weighted by Gasteiger charge is 2.31. The summed E-state index contributed by atoms with van der Waals surface area (Å²) in [5.74, 6) is 0.578. The molecule has 1 aromatic heterocycles. The molecule has 1 atom stereocenters. The summed E-state index contributed by atoms with van der Waals surface area (Å²) in [7, 11) is 0. The average molecular weight is 262 g/mol. The average Bonchev–Trinajstić information content (AvgIpc) is 3.15. The number of benzene rings is 1. The fourth-order valence-corrected chi connectivity index (χ4v) is 2.12. The summed E-state index contributed by atoms with van der Waals surface area (Å²) in [6, 6.07) is 4.90. The van der Waals surface area contributed by atoms with Crippen LogP contribution in [0.15, 0.2) is 22.6 Å². The number of non-ortho nitro benzene ring substituents is 1. The first-order valence-electron chi connectivity index (χ1n) is 6.19. The van der Waals surface area contributed by atoms with Gasteiger partial charge in [-0.1, -0.05) is 0 Å². The van der Waals surface area contributed by atoms with Crippen LogP contribution in [0.5, 0.6) is 0 Å². The van der Waals surface area contributed by atoms with E-state index in [1.165, 1.54) is 25.0 Å². The van der Waals surface area contributed by atoms with Crippen LogP contribution in [0.25, 0.3) is 11.1 Å². The summed E-state index contributed by atoms with van der Waals surface area (Å²) < 4.78 is 5.49. The number of nitro benzene ring substituents is 1. The number of anilines is 1. The van der Waals surface area contributed by atoms with E-state index in [1.54, 1.807) is 6.07 Å². The molecule has 1 aromatic carbocycles. The number of oxazole rings is 1. The molecule has 1 unspecified atom stereocenters. The SMILES string of the molecule is NCC(Nc1nc2ccc([N+](=O)[O-])cc2o1)C1CC1. The molecular weight excluding hydrogens is 248 g/mol. The maximum absolute atomic E-state index is 10.7. The predicted octanol–water partition coefficient (Wildman–Crippen LogP) is 1.89. The van der Waals surface area contributed by atoms with Gasteiger partial charge in [-0.25, -0.2) is 0 Å². The van der Waals surface area contributed by atoms with Gasteiger partial charge in [-0.3, -0.25) is 10.1 Å². The first-order valence-corrected chi connectivity index (χ1v) is 6.19. The minimum absolute atomic E-state index is 0.00670. The molecule has 1 fully saturated rings. The van der Waals surface area contributed by atoms with Crippen LogP contribution in [0.4, 0.5) is 11.7 Å². The Kier molecular flexibility index (Phi) is 2.83. The fraction of sp³-hybridized carbons (Fsp3) is 0.417. The molecule has 19 heavy (non-hydrogen) atoms. The van der Waals surface area contributed by atoms with Gasteiger partial charge >= 0.3 is 0 Å². The molecule has 3 rings (SSSR count). The molecule has 3 N–H and O–H groups in total. The Hall–Kier alpha value is -2.15. The van der Waals surface area contributed by atoms with E-state index in [-0.39, 0.29) is 11.7 Å². The van der Waals surface area contributed by atoms with Gasteiger partial charge in [0.15, 0.2) is 5.58 Å². The van der Waals surface area contributed by atoms with E-state index in [0.29, 0.717) is 29.6 Å². The van der Waals surface area contributed by atoms with E-state index in [2.05, 4.69) is 10.3 Å². The molecule has 1 heterocycles. The Labute approximate surface area is 108 Å². The summed E-state index contributed by atoms with van der Waals surface area (Å²) in [4.78, 5) is 14.5. The van der Waals surface area contributed by atoms with Crippen LogP contribution in [0.2, 0.25) is 0 Å². The van der Waals surface area contributed by atoms with Crippen LogP contribution in [-0.4, -0.2) is 22.5 Å². The van der Waals surface area contributed by atoms with Crippen LogP contribution in [0.1, 0.15) is 12.8 Å². The molecule has 7 nitrogen and oxygen atoms in total. The monoisotopic (exact) mass is 262 g/mol. The van der Waals surface area contributed by atoms with Crippen LogP contribution < -0.4 is 11.1 Å². The molecular formula is C12H14N4O3. The van der Waals surface area contributed by atoms with Gasteiger partial charge in [-0.05, 0) is 24.8 Å². The second kappa shape index (κ2) is 4.51. The van der Waals surface area contributed by atoms with Crippen LogP contribution in [0, 0.1) is 16.0 Å². The normalized spacial score (nSPS) is 16.5. The zero-order valence-corrected chi connectivity index (χ0v) is 10.2. The lowest BCUT2D eigenvalue weighted by Gasteiger charge is -2.13. The van der Waals surface area contributed by atoms with Crippen molar-refractivity contribution in [3.8, 4) is 0 Å². The Morgan fingerprint density at radius 2 is 2.37 bits per heavy atom. The van der Waals surface area contributed by atoms with Gasteiger partial charge in [-0.2, -0.15) is 4.98 Å². The van der Waals surface area contributed by atoms with Crippen molar-refractivity contribution in [1.82, 2.24) is 4.98 Å². The van der Waals surface area contributed by atoms with Crippen LogP contribution in [-0.2, 0) is 0 Å². The molecule has 1 saturated carbocycles. The molecule has 100 valence electrons. The number of aromatic nitrogens is 1. The Morgan fingerprint density at radius 1 is 1.58 bits per heavy atom. The zero-order valence-electron chi connectivity index (χ0n) is 10.2. The van der Waals surface area contributed by atoms with Crippen LogP contribution in [0.3, 0.4) is 0 Å². The van der Waals surface area contributed by atoms with Crippen molar-refractivity contribution in [2.75, 3.05) is 11.9 Å². The first-order chi connectivity index (χ1) is 9.17. The third-order valence-electron chi connectivity index (χ3n) is 3.34. The number of nitrogens with one attached hydrogen (secondary N) is 1. The maximum Gasteiger partial charge on any atom is 0.295 e. The minimum Gasteiger partial charge on any atom is -0.423 e. The van der Waals surface area contributed by atoms with Crippen molar-refractivity contribution in [2.45, 2.75) is 18.9 Å². The van der Waals surface area contributed by atoms with Crippen molar-refractivity contribution >= 4 is 22.8 Å². The van der Waals surface area contributed by atoms with Crippen LogP contribution >= 0.6 is 0 Å². The van der Waals surface area contributed by atoms with Gasteiger partial charge in [0, 0.05) is 18.7 Å². The molecule has 0 aliphatic heterocycles. The van der Waals surface area contributed by atoms with Gasteiger partial charge in [0.2, 0.25) is 0 Å². The fourth-order valence-electron chi connectivity index (χ4n) is 2.12. The summed E-state index contributed by atoms with van der Waals surface area (Å²) in [6.07, 6.45) is 2.33. The van der Waals surface area contributed by atoms with E-state index >= 15 is 0 Å². The van der Waals surface area contributed by atoms with Gasteiger partial charge in [-0.15, -0.1) is 0 Å². The standard InChI is InChI=1S/C12H14N4O3/c13-6-10(7-1-2-7)15-12-14-9-4-3-8(16(17)18)5-11(9)19-12/h3-5,7,10H,1-2,6,13H2,(H,14,15). The number of hydrogen-bond donors (Lipinski definition) is 2. The summed E-state index contributed by atoms with van der Waals surface area (Å²) in [5, 5.41) is 13.8. The lowest BCUT2D eigenvalue weighted by Crippen LogP contribution is -2.30. The number of rotatable bonds is 5. The number of nitrogens with two attached hydrogens (primary N) is 1. The molecule has 0 bridgehead atoms. The summed E-state index contributed by atoms with van der Waals surface area (Å²) >= 11 is 0. The smallest absolute Gasteiger partial charge is 0.295 e. The lowest BCUT2D eigenvalue weighted by atomic mass is 10.2. The molecule has 0 saturated heterocycles. The maximum atomic E-state index is 10.7. The second-order valence-corrected chi connectivity index (χ2v) is 4.75. The highest BCUT2D eigenvalue weighted by molar-refractivity contribution is 5.77. The number of nitrogens with zero attached hydrogens (tertiary/aromatic N) is 2. The zero-order chi connectivity index (χ0) is 13.4. The highest BCUT2D eigenvalue weighted by Crippen LogP contribution is 2.34. The van der Waals surface area contributed by atoms with Gasteiger partial charge in [0.1, 0.15) is 5.52 Å². The minimum atomic E-state index is -0.456. The van der Waals surface area contributed by atoms with Crippen molar-refractivity contribution < 1.29 is 9.34 Å². The molecule has 1 aliphatic carbocycles. The number of nitro groups is 1. The quantitative estimate of drug-likeness (QED) is 0.629. The molecule has 0 radical (unpaired) electrons. The largest absolute Gasteiger partial charge is 0.423 e. The molecule has 0 spiro atoms. The highest BCUT2D eigenvalue weighted by atomic mass is 16.6. The Balaban J connectivity index is 1.86. The number of fused-ring (bicyclic) bond motifs is 1. The topological polar surface area (TPSA) is 107 Å². The number of hydrogen-bond acceptors (Lipinski definition) is 6. The van der Waals surface area contributed by atoms with E-state index in [1.807, 2.05) is 0 Å². The first kappa shape index (κ1) is 11.9. The molecule has 7 heteroatoms. The van der Waals surface area contributed by atoms with Gasteiger partial charge < -0.3 is 15.5 Å². The molecule has 1 aliphatic rings. The predicted molar refractivity (Wildman–Crippen MR) is 69.9 cm³/mol. The van der Waals surface area contributed by atoms with Crippen molar-refractivity contribution in [1.29, 1.82) is 0 Å². The van der Waals surface area contributed by atoms with Gasteiger partial charge in [0.25, 0.3) is 11.7 Å². The lowest BCUT2D eigenvalue weighted by molar-refractivity contribution is -0.384. The van der Waals surface area contributed by atoms with Crippen molar-refractivity contribution in [3.63, 3.8) is 0 Å². The molecule has 2 aromatic rings. The van der Waals surface area contributed by atoms with E-state index in [4.69, 9.17) is 10.2 Å². The second-order valence-electron chi connectivity index (χ2n) is 4.75. The van der Waals surface area contributed by atoms with E-state index in [0.717, 1.165) is 0 Å².